The molecule has 11 nitrogen and oxygen atoms in total. The number of aliphatic hydroxyl groups excluding tert-OH is 1. The van der Waals surface area contributed by atoms with E-state index in [1.165, 1.54) is 20.3 Å². The number of ether oxygens (including phenoxy) is 6. The third-order valence-corrected chi connectivity index (χ3v) is 5.71. The second-order valence-electron chi connectivity index (χ2n) is 8.40. The predicted octanol–water partition coefficient (Wildman–Crippen LogP) is 2.17. The third-order valence-electron chi connectivity index (χ3n) is 5.71. The van der Waals surface area contributed by atoms with Gasteiger partial charge in [0.15, 0.2) is 23.0 Å². The first-order valence-electron chi connectivity index (χ1n) is 11.0. The number of aliphatic hydroxyl groups is 1. The monoisotopic (exact) mass is 528 g/mol. The first kappa shape index (κ1) is 28.3. The average Bonchev–Trinajstić information content (AvgIpc) is 3.51. The number of amides is 1. The smallest absolute Gasteiger partial charge is 0.326 e. The largest absolute Gasteiger partial charge is 0.493 e. The van der Waals surface area contributed by atoms with Crippen LogP contribution in [0.25, 0.3) is 11.1 Å². The van der Waals surface area contributed by atoms with Crippen LogP contribution in [-0.2, 0) is 11.4 Å². The predicted molar refractivity (Wildman–Crippen MR) is 127 cm³/mol. The fourth-order valence-electron chi connectivity index (χ4n) is 4.19. The number of carbonyl (C=O) groups excluding carboxylic acids is 1. The standard InChI is InChI=1S/C24H27NO10.K/c1-11(2)5-14(24(28)29)25-23(27)13-7-16(31-4)20-22(35-10-33-20)18(13)17-12(8-26)6-15(30-3)19-21(17)34-9-32-19;/h6-7,11,14,26H,5,8-10H2,1-4H3,(H,25,27)(H,28,29);. The van der Waals surface area contributed by atoms with Gasteiger partial charge < -0.3 is 44.0 Å². The molecule has 1 atom stereocenters. The topological polar surface area (TPSA) is 142 Å². The summed E-state index contributed by atoms with van der Waals surface area (Å²) < 4.78 is 33.4. The SMILES string of the molecule is COc1cc(CO)c(-c2c(C(=O)NC(CC(C)C)C(=O)O)cc(OC)c3c2OCO3)c2c1OCO2.[K]. The molecule has 0 bridgehead atoms. The van der Waals surface area contributed by atoms with E-state index in [1.807, 2.05) is 13.8 Å². The second kappa shape index (κ2) is 11.9. The van der Waals surface area contributed by atoms with Crippen molar-refractivity contribution in [2.24, 2.45) is 5.92 Å². The summed E-state index contributed by atoms with van der Waals surface area (Å²) in [5.74, 6) is -0.197. The van der Waals surface area contributed by atoms with E-state index in [-0.39, 0.29) is 111 Å². The van der Waals surface area contributed by atoms with E-state index < -0.39 is 24.5 Å². The molecule has 0 fully saturated rings. The number of aliphatic carboxylic acids is 1. The molecule has 1 radical (unpaired) electrons. The molecule has 189 valence electrons. The summed E-state index contributed by atoms with van der Waals surface area (Å²) in [6.07, 6.45) is 0.231. The van der Waals surface area contributed by atoms with Crippen LogP contribution in [0.1, 0.15) is 36.2 Å². The van der Waals surface area contributed by atoms with Crippen molar-refractivity contribution < 1.29 is 48.2 Å². The van der Waals surface area contributed by atoms with Crippen molar-refractivity contribution >= 4 is 63.3 Å². The Kier molecular flexibility index (Phi) is 9.36. The zero-order valence-electron chi connectivity index (χ0n) is 20.8. The van der Waals surface area contributed by atoms with Crippen molar-refractivity contribution in [2.75, 3.05) is 27.8 Å². The molecule has 12 heteroatoms. The molecule has 0 aromatic heterocycles. The van der Waals surface area contributed by atoms with Crippen LogP contribution in [0.5, 0.6) is 34.5 Å². The van der Waals surface area contributed by atoms with Gasteiger partial charge in [-0.1, -0.05) is 13.8 Å². The Morgan fingerprint density at radius 3 is 1.97 bits per heavy atom. The molecule has 1 amide bonds. The Labute approximate surface area is 250 Å². The molecule has 2 aromatic rings. The molecule has 1 unspecified atom stereocenters. The molecule has 0 aliphatic carbocycles. The van der Waals surface area contributed by atoms with E-state index in [9.17, 15) is 19.8 Å². The number of rotatable bonds is 9. The molecular weight excluding hydrogens is 501 g/mol. The molecule has 2 aromatic carbocycles. The first-order valence-corrected chi connectivity index (χ1v) is 11.0. The van der Waals surface area contributed by atoms with Crippen molar-refractivity contribution in [1.29, 1.82) is 0 Å². The summed E-state index contributed by atoms with van der Waals surface area (Å²) in [4.78, 5) is 25.4. The molecule has 4 rings (SSSR count). The average molecular weight is 529 g/mol. The number of fused-ring (bicyclic) bond motifs is 2. The maximum atomic E-state index is 13.5. The Bertz CT molecular complexity index is 1170. The number of methoxy groups -OCH3 is 2. The molecule has 2 heterocycles. The van der Waals surface area contributed by atoms with Crippen LogP contribution in [0.4, 0.5) is 0 Å². The van der Waals surface area contributed by atoms with Gasteiger partial charge in [0.25, 0.3) is 5.91 Å². The fourth-order valence-corrected chi connectivity index (χ4v) is 4.19. The van der Waals surface area contributed by atoms with E-state index in [0.717, 1.165) is 0 Å². The van der Waals surface area contributed by atoms with Crippen molar-refractivity contribution in [3.63, 3.8) is 0 Å². The van der Waals surface area contributed by atoms with Gasteiger partial charge in [0.2, 0.25) is 25.1 Å². The van der Waals surface area contributed by atoms with Gasteiger partial charge in [-0.3, -0.25) is 4.79 Å². The summed E-state index contributed by atoms with van der Waals surface area (Å²) in [5, 5.41) is 22.5. The molecule has 36 heavy (non-hydrogen) atoms. The first-order chi connectivity index (χ1) is 16.8. The summed E-state index contributed by atoms with van der Waals surface area (Å²) >= 11 is 0. The van der Waals surface area contributed by atoms with Crippen LogP contribution in [0.3, 0.4) is 0 Å². The van der Waals surface area contributed by atoms with Crippen molar-refractivity contribution in [3.8, 4) is 45.6 Å². The van der Waals surface area contributed by atoms with E-state index in [0.29, 0.717) is 22.6 Å². The van der Waals surface area contributed by atoms with Gasteiger partial charge in [0.05, 0.1) is 26.4 Å². The number of carbonyl (C=O) groups is 2. The molecule has 0 saturated heterocycles. The molecular formula is C24H27KNO10. The third kappa shape index (κ3) is 5.24. The van der Waals surface area contributed by atoms with E-state index >= 15 is 0 Å². The second-order valence-corrected chi connectivity index (χ2v) is 8.40. The van der Waals surface area contributed by atoms with Gasteiger partial charge in [-0.25, -0.2) is 4.79 Å². The Hall–Kier alpha value is -2.22. The van der Waals surface area contributed by atoms with Gasteiger partial charge >= 0.3 is 5.97 Å². The van der Waals surface area contributed by atoms with Crippen molar-refractivity contribution in [3.05, 3.63) is 23.3 Å². The number of hydrogen-bond acceptors (Lipinski definition) is 9. The van der Waals surface area contributed by atoms with Crippen LogP contribution < -0.4 is 33.7 Å². The Morgan fingerprint density at radius 1 is 0.944 bits per heavy atom. The quantitative estimate of drug-likeness (QED) is 0.415. The maximum Gasteiger partial charge on any atom is 0.326 e. The van der Waals surface area contributed by atoms with Crippen LogP contribution in [0.2, 0.25) is 0 Å². The van der Waals surface area contributed by atoms with Gasteiger partial charge in [0, 0.05) is 62.5 Å². The Balaban J connectivity index is 0.00000361. The number of nitrogens with one attached hydrogen (secondary N) is 1. The van der Waals surface area contributed by atoms with E-state index in [2.05, 4.69) is 5.32 Å². The Morgan fingerprint density at radius 2 is 1.47 bits per heavy atom. The summed E-state index contributed by atoms with van der Waals surface area (Å²) in [6, 6.07) is 1.90. The number of carboxylic acid groups (broad SMARTS) is 1. The van der Waals surface area contributed by atoms with Crippen LogP contribution in [0.15, 0.2) is 12.1 Å². The normalized spacial score (nSPS) is 13.7. The van der Waals surface area contributed by atoms with E-state index in [1.54, 1.807) is 6.07 Å². The summed E-state index contributed by atoms with van der Waals surface area (Å²) in [7, 11) is 2.87. The molecule has 2 aliphatic heterocycles. The van der Waals surface area contributed by atoms with Gasteiger partial charge in [0.1, 0.15) is 6.04 Å². The van der Waals surface area contributed by atoms with Gasteiger partial charge in [-0.05, 0) is 30.0 Å². The molecule has 3 N–H and O–H groups in total. The van der Waals surface area contributed by atoms with E-state index in [4.69, 9.17) is 28.4 Å². The zero-order chi connectivity index (χ0) is 25.3. The summed E-state index contributed by atoms with van der Waals surface area (Å²) in [5.41, 5.74) is 1.02. The summed E-state index contributed by atoms with van der Waals surface area (Å²) in [6.45, 7) is 3.08. The van der Waals surface area contributed by atoms with Crippen LogP contribution in [-0.4, -0.2) is 107 Å². The zero-order valence-corrected chi connectivity index (χ0v) is 23.9. The van der Waals surface area contributed by atoms with Gasteiger partial charge in [-0.2, -0.15) is 0 Å². The molecule has 2 aliphatic rings. The van der Waals surface area contributed by atoms with Crippen molar-refractivity contribution in [2.45, 2.75) is 32.9 Å². The van der Waals surface area contributed by atoms with Crippen LogP contribution in [0, 0.1) is 5.92 Å². The minimum absolute atomic E-state index is 0. The number of carboxylic acids is 1. The fraction of sp³-hybridized carbons (Fsp3) is 0.417. The van der Waals surface area contributed by atoms with Crippen molar-refractivity contribution in [1.82, 2.24) is 5.32 Å². The minimum Gasteiger partial charge on any atom is -0.493 e. The van der Waals surface area contributed by atoms with Gasteiger partial charge in [-0.15, -0.1) is 0 Å². The minimum atomic E-state index is -1.15. The molecule has 0 saturated carbocycles. The maximum absolute atomic E-state index is 13.5. The molecule has 0 spiro atoms. The number of benzene rings is 2. The number of hydrogen-bond donors (Lipinski definition) is 3. The van der Waals surface area contributed by atoms with Crippen LogP contribution >= 0.6 is 0 Å².